The van der Waals surface area contributed by atoms with Crippen molar-refractivity contribution in [2.75, 3.05) is 18.4 Å². The third-order valence-electron chi connectivity index (χ3n) is 2.86. The molecule has 7 heteroatoms. The SMILES string of the molecule is CCN(CC)C(=S)S[C@H](C)C(=O)Nc1ccc(Cl)cc1F. The summed E-state index contributed by atoms with van der Waals surface area (Å²) >= 11 is 12.3. The summed E-state index contributed by atoms with van der Waals surface area (Å²) in [5.74, 6) is -0.852. The quantitative estimate of drug-likeness (QED) is 0.809. The fourth-order valence-corrected chi connectivity index (χ4v) is 3.31. The van der Waals surface area contributed by atoms with Crippen molar-refractivity contribution in [3.05, 3.63) is 29.0 Å². The van der Waals surface area contributed by atoms with Crippen molar-refractivity contribution in [3.63, 3.8) is 0 Å². The van der Waals surface area contributed by atoms with Crippen LogP contribution in [0.25, 0.3) is 0 Å². The van der Waals surface area contributed by atoms with Gasteiger partial charge in [-0.05, 0) is 39.0 Å². The maximum absolute atomic E-state index is 13.6. The molecule has 1 aromatic carbocycles. The summed E-state index contributed by atoms with van der Waals surface area (Å²) < 4.78 is 14.3. The van der Waals surface area contributed by atoms with Gasteiger partial charge < -0.3 is 10.2 Å². The smallest absolute Gasteiger partial charge is 0.237 e. The summed E-state index contributed by atoms with van der Waals surface area (Å²) in [7, 11) is 0. The Bertz CT molecular complexity index is 524. The highest BCUT2D eigenvalue weighted by Crippen LogP contribution is 2.21. The summed E-state index contributed by atoms with van der Waals surface area (Å²) in [4.78, 5) is 14.1. The molecule has 0 heterocycles. The van der Waals surface area contributed by atoms with Crippen molar-refractivity contribution in [3.8, 4) is 0 Å². The maximum Gasteiger partial charge on any atom is 0.237 e. The van der Waals surface area contributed by atoms with Gasteiger partial charge in [0.1, 0.15) is 10.1 Å². The molecule has 0 unspecified atom stereocenters. The van der Waals surface area contributed by atoms with Gasteiger partial charge in [0.05, 0.1) is 10.9 Å². The van der Waals surface area contributed by atoms with E-state index in [0.29, 0.717) is 4.32 Å². The molecule has 1 rings (SSSR count). The molecule has 0 spiro atoms. The number of hydrogen-bond acceptors (Lipinski definition) is 3. The number of halogens is 2. The highest BCUT2D eigenvalue weighted by atomic mass is 35.5. The van der Waals surface area contributed by atoms with Crippen LogP contribution in [0.3, 0.4) is 0 Å². The van der Waals surface area contributed by atoms with Crippen LogP contribution in [0, 0.1) is 5.82 Å². The van der Waals surface area contributed by atoms with Crippen molar-refractivity contribution < 1.29 is 9.18 Å². The average molecular weight is 349 g/mol. The van der Waals surface area contributed by atoms with E-state index in [1.807, 2.05) is 18.7 Å². The van der Waals surface area contributed by atoms with Crippen molar-refractivity contribution in [2.45, 2.75) is 26.0 Å². The number of rotatable bonds is 5. The van der Waals surface area contributed by atoms with Crippen LogP contribution < -0.4 is 5.32 Å². The number of carbonyl (C=O) groups excluding carboxylic acids is 1. The minimum Gasteiger partial charge on any atom is -0.358 e. The normalized spacial score (nSPS) is 11.9. The van der Waals surface area contributed by atoms with Crippen LogP contribution in [-0.2, 0) is 4.79 Å². The molecule has 3 nitrogen and oxygen atoms in total. The van der Waals surface area contributed by atoms with E-state index in [-0.39, 0.29) is 16.6 Å². The topological polar surface area (TPSA) is 32.3 Å². The van der Waals surface area contributed by atoms with E-state index >= 15 is 0 Å². The molecule has 0 radical (unpaired) electrons. The molecule has 0 fully saturated rings. The number of thioether (sulfide) groups is 1. The first-order valence-corrected chi connectivity index (χ1v) is 8.27. The molecule has 0 bridgehead atoms. The molecular weight excluding hydrogens is 331 g/mol. The number of benzene rings is 1. The van der Waals surface area contributed by atoms with Crippen molar-refractivity contribution in [2.24, 2.45) is 0 Å². The largest absolute Gasteiger partial charge is 0.358 e. The molecule has 0 aliphatic heterocycles. The zero-order valence-electron chi connectivity index (χ0n) is 12.2. The van der Waals surface area contributed by atoms with E-state index in [0.717, 1.165) is 19.2 Å². The highest BCUT2D eigenvalue weighted by molar-refractivity contribution is 8.23. The molecule has 0 saturated heterocycles. The summed E-state index contributed by atoms with van der Waals surface area (Å²) in [6.07, 6.45) is 0. The van der Waals surface area contributed by atoms with E-state index in [1.165, 1.54) is 23.9 Å². The van der Waals surface area contributed by atoms with Gasteiger partial charge in [-0.1, -0.05) is 35.6 Å². The number of thiocarbonyl (C=S) groups is 1. The average Bonchev–Trinajstić information content (AvgIpc) is 2.43. The lowest BCUT2D eigenvalue weighted by molar-refractivity contribution is -0.115. The molecule has 0 aliphatic rings. The Morgan fingerprint density at radius 2 is 2.10 bits per heavy atom. The third kappa shape index (κ3) is 5.45. The van der Waals surface area contributed by atoms with Crippen LogP contribution >= 0.6 is 35.6 Å². The standard InChI is InChI=1S/C14H18ClFN2OS2/c1-4-18(5-2)14(20)21-9(3)13(19)17-12-7-6-10(15)8-11(12)16/h6-9H,4-5H2,1-3H3,(H,17,19)/t9-/m1/s1. The van der Waals surface area contributed by atoms with Gasteiger partial charge in [0.15, 0.2) is 0 Å². The van der Waals surface area contributed by atoms with E-state index < -0.39 is 11.1 Å². The van der Waals surface area contributed by atoms with Crippen molar-refractivity contribution >= 4 is 51.5 Å². The van der Waals surface area contributed by atoms with Crippen molar-refractivity contribution in [1.29, 1.82) is 0 Å². The molecular formula is C14H18ClFN2OS2. The molecule has 21 heavy (non-hydrogen) atoms. The molecule has 1 amide bonds. The summed E-state index contributed by atoms with van der Waals surface area (Å²) in [5, 5.41) is 2.42. The van der Waals surface area contributed by atoms with Crippen LogP contribution in [-0.4, -0.2) is 33.5 Å². The Hall–Kier alpha value is -0.850. The zero-order valence-corrected chi connectivity index (χ0v) is 14.5. The van der Waals surface area contributed by atoms with E-state index in [2.05, 4.69) is 5.32 Å². The number of nitrogens with one attached hydrogen (secondary N) is 1. The van der Waals surface area contributed by atoms with Gasteiger partial charge in [-0.2, -0.15) is 0 Å². The fourth-order valence-electron chi connectivity index (χ4n) is 1.59. The first-order chi connectivity index (χ1) is 9.88. The zero-order chi connectivity index (χ0) is 16.0. The number of carbonyl (C=O) groups is 1. The number of hydrogen-bond donors (Lipinski definition) is 1. The molecule has 0 saturated carbocycles. The van der Waals surface area contributed by atoms with Crippen molar-refractivity contribution in [1.82, 2.24) is 4.90 Å². The van der Waals surface area contributed by atoms with Gasteiger partial charge in [-0.25, -0.2) is 4.39 Å². The summed E-state index contributed by atoms with van der Waals surface area (Å²) in [6.45, 7) is 7.34. The van der Waals surface area contributed by atoms with Gasteiger partial charge in [0.2, 0.25) is 5.91 Å². The first-order valence-electron chi connectivity index (χ1n) is 6.60. The number of nitrogens with zero attached hydrogens (tertiary/aromatic N) is 1. The second-order valence-electron chi connectivity index (χ2n) is 4.31. The first kappa shape index (κ1) is 18.2. The van der Waals surface area contributed by atoms with Crippen LogP contribution in [0.4, 0.5) is 10.1 Å². The molecule has 116 valence electrons. The third-order valence-corrected chi connectivity index (χ3v) is 4.67. The molecule has 0 aromatic heterocycles. The lowest BCUT2D eigenvalue weighted by Gasteiger charge is -2.22. The lowest BCUT2D eigenvalue weighted by atomic mass is 10.3. The Labute approximate surface area is 139 Å². The predicted octanol–water partition coefficient (Wildman–Crippen LogP) is 4.17. The van der Waals surface area contributed by atoms with E-state index in [9.17, 15) is 9.18 Å². The van der Waals surface area contributed by atoms with Crippen LogP contribution in [0.2, 0.25) is 5.02 Å². The van der Waals surface area contributed by atoms with Crippen LogP contribution in [0.15, 0.2) is 18.2 Å². The minimum absolute atomic E-state index is 0.116. The second-order valence-corrected chi connectivity index (χ2v) is 6.72. The fraction of sp³-hybridized carbons (Fsp3) is 0.429. The van der Waals surface area contributed by atoms with Gasteiger partial charge in [-0.3, -0.25) is 4.79 Å². The molecule has 0 aliphatic carbocycles. The molecule has 1 aromatic rings. The predicted molar refractivity (Wildman–Crippen MR) is 92.6 cm³/mol. The Morgan fingerprint density at radius 3 is 2.62 bits per heavy atom. The highest BCUT2D eigenvalue weighted by Gasteiger charge is 2.19. The van der Waals surface area contributed by atoms with Gasteiger partial charge in [-0.15, -0.1) is 0 Å². The van der Waals surface area contributed by atoms with E-state index in [4.69, 9.17) is 23.8 Å². The summed E-state index contributed by atoms with van der Waals surface area (Å²) in [6, 6.07) is 4.13. The lowest BCUT2D eigenvalue weighted by Crippen LogP contribution is -2.31. The molecule has 1 N–H and O–H groups in total. The Morgan fingerprint density at radius 1 is 1.48 bits per heavy atom. The van der Waals surface area contributed by atoms with Gasteiger partial charge >= 0.3 is 0 Å². The summed E-state index contributed by atoms with van der Waals surface area (Å²) in [5.41, 5.74) is 0.116. The van der Waals surface area contributed by atoms with E-state index in [1.54, 1.807) is 6.92 Å². The number of amides is 1. The van der Waals surface area contributed by atoms with Crippen LogP contribution in [0.5, 0.6) is 0 Å². The minimum atomic E-state index is -0.556. The monoisotopic (exact) mass is 348 g/mol. The van der Waals surface area contributed by atoms with Gasteiger partial charge in [0.25, 0.3) is 0 Å². The van der Waals surface area contributed by atoms with Gasteiger partial charge in [0, 0.05) is 18.1 Å². The Kier molecular flexibility index (Phi) is 7.42. The number of anilines is 1. The second kappa shape index (κ2) is 8.56. The van der Waals surface area contributed by atoms with Crippen LogP contribution in [0.1, 0.15) is 20.8 Å². The molecule has 1 atom stereocenters. The Balaban J connectivity index is 2.64. The maximum atomic E-state index is 13.6.